The summed E-state index contributed by atoms with van der Waals surface area (Å²) in [4.78, 5) is 4.72. The van der Waals surface area contributed by atoms with E-state index in [-0.39, 0.29) is 0 Å². The van der Waals surface area contributed by atoms with E-state index in [9.17, 15) is 0 Å². The maximum absolute atomic E-state index is 4.72. The second kappa shape index (κ2) is 7.36. The molecule has 0 radical (unpaired) electrons. The van der Waals surface area contributed by atoms with Crippen LogP contribution >= 0.6 is 0 Å². The maximum Gasteiger partial charge on any atom is 0.0705 e. The molecule has 0 N–H and O–H groups in total. The van der Waals surface area contributed by atoms with Crippen molar-refractivity contribution in [2.24, 2.45) is 4.99 Å². The lowest BCUT2D eigenvalue weighted by molar-refractivity contribution is 0.918. The van der Waals surface area contributed by atoms with Gasteiger partial charge in [0.15, 0.2) is 0 Å². The largest absolute Gasteiger partial charge is 0.256 e. The number of allylic oxidation sites excluding steroid dienone is 7. The van der Waals surface area contributed by atoms with E-state index in [1.165, 1.54) is 44.2 Å². The molecule has 4 rings (SSSR count). The Labute approximate surface area is 161 Å². The molecule has 2 aromatic rings. The monoisotopic (exact) mass is 351 g/mol. The summed E-state index contributed by atoms with van der Waals surface area (Å²) in [6.07, 6.45) is 13.1. The Bertz CT molecular complexity index is 1120. The summed E-state index contributed by atoms with van der Waals surface area (Å²) in [7, 11) is 0. The van der Waals surface area contributed by atoms with Crippen LogP contribution in [-0.4, -0.2) is 0 Å². The zero-order chi connectivity index (χ0) is 18.8. The summed E-state index contributed by atoms with van der Waals surface area (Å²) in [5.74, 6) is 0. The predicted octanol–water partition coefficient (Wildman–Crippen LogP) is 5.57. The summed E-state index contributed by atoms with van der Waals surface area (Å²) < 4.78 is 0. The maximum atomic E-state index is 4.72. The van der Waals surface area contributed by atoms with Crippen LogP contribution in [0.5, 0.6) is 0 Å². The van der Waals surface area contributed by atoms with Crippen LogP contribution in [0.4, 0.5) is 0 Å². The Morgan fingerprint density at radius 3 is 2.33 bits per heavy atom. The molecule has 2 aromatic carbocycles. The molecule has 2 aliphatic rings. The number of rotatable bonds is 2. The van der Waals surface area contributed by atoms with Crippen molar-refractivity contribution in [3.63, 3.8) is 0 Å². The van der Waals surface area contributed by atoms with Gasteiger partial charge in [-0.3, -0.25) is 4.99 Å². The standard InChI is InChI=1S/C26H25N/c1-18-4-8-21(9-5-18)23-12-13-26-25(17-23)20(3)16-24(14-15-27-26)22-10-6-19(2)7-11-22/h4-6,8-10,12-17H,7,11H2,1-3H3/b15-14-,20-16?,24-14?,24-16+,25-20+,27-15?,27-26+. The number of nitrogens with zero attached hydrogens (tertiary/aromatic N) is 1. The second-order valence-electron chi connectivity index (χ2n) is 7.53. The molecule has 0 fully saturated rings. The van der Waals surface area contributed by atoms with Crippen molar-refractivity contribution in [2.75, 3.05) is 0 Å². The molecule has 1 aliphatic heterocycles. The topological polar surface area (TPSA) is 12.4 Å². The van der Waals surface area contributed by atoms with Gasteiger partial charge in [-0.15, -0.1) is 0 Å². The molecule has 0 spiro atoms. The molecule has 1 heteroatoms. The van der Waals surface area contributed by atoms with E-state index in [0.29, 0.717) is 0 Å². The van der Waals surface area contributed by atoms with Gasteiger partial charge in [0.1, 0.15) is 0 Å². The first kappa shape index (κ1) is 17.5. The molecule has 1 aliphatic carbocycles. The number of benzene rings is 2. The number of fused-ring (bicyclic) bond motifs is 1. The molecule has 27 heavy (non-hydrogen) atoms. The number of hydrogen-bond donors (Lipinski definition) is 0. The van der Waals surface area contributed by atoms with Crippen molar-refractivity contribution >= 4 is 5.57 Å². The molecule has 0 unspecified atom stereocenters. The molecule has 1 heterocycles. The highest BCUT2D eigenvalue weighted by atomic mass is 14.7. The Hall–Kier alpha value is -2.93. The average molecular weight is 351 g/mol. The highest BCUT2D eigenvalue weighted by molar-refractivity contribution is 5.67. The normalized spacial score (nSPS) is 22.8. The van der Waals surface area contributed by atoms with Crippen LogP contribution < -0.4 is 10.6 Å². The van der Waals surface area contributed by atoms with Gasteiger partial charge in [0.2, 0.25) is 0 Å². The van der Waals surface area contributed by atoms with Gasteiger partial charge in [-0.05, 0) is 79.7 Å². The molecule has 0 aromatic heterocycles. The van der Waals surface area contributed by atoms with Gasteiger partial charge in [-0.1, -0.05) is 59.7 Å². The van der Waals surface area contributed by atoms with Crippen LogP contribution in [0.1, 0.15) is 32.3 Å². The van der Waals surface area contributed by atoms with Crippen LogP contribution in [0.15, 0.2) is 94.7 Å². The van der Waals surface area contributed by atoms with Gasteiger partial charge >= 0.3 is 0 Å². The summed E-state index contributed by atoms with van der Waals surface area (Å²) >= 11 is 0. The predicted molar refractivity (Wildman–Crippen MR) is 115 cm³/mol. The van der Waals surface area contributed by atoms with E-state index in [4.69, 9.17) is 4.99 Å². The van der Waals surface area contributed by atoms with E-state index < -0.39 is 0 Å². The van der Waals surface area contributed by atoms with Crippen LogP contribution in [0.25, 0.3) is 16.7 Å². The van der Waals surface area contributed by atoms with Crippen molar-refractivity contribution in [1.82, 2.24) is 0 Å². The summed E-state index contributed by atoms with van der Waals surface area (Å²) in [5, 5.41) is 2.24. The third-order valence-electron chi connectivity index (χ3n) is 5.37. The van der Waals surface area contributed by atoms with E-state index in [1.807, 2.05) is 6.20 Å². The molecular weight excluding hydrogens is 326 g/mol. The van der Waals surface area contributed by atoms with E-state index in [0.717, 1.165) is 18.2 Å². The fraction of sp³-hybridized carbons (Fsp3) is 0.192. The van der Waals surface area contributed by atoms with Crippen molar-refractivity contribution in [3.8, 4) is 11.1 Å². The Kier molecular flexibility index (Phi) is 4.77. The third-order valence-corrected chi connectivity index (χ3v) is 5.37. The second-order valence-corrected chi connectivity index (χ2v) is 7.53. The van der Waals surface area contributed by atoms with Crippen molar-refractivity contribution in [2.45, 2.75) is 33.6 Å². The molecule has 0 saturated carbocycles. The zero-order valence-corrected chi connectivity index (χ0v) is 16.3. The zero-order valence-electron chi connectivity index (χ0n) is 16.3. The highest BCUT2D eigenvalue weighted by Gasteiger charge is 2.08. The lowest BCUT2D eigenvalue weighted by Gasteiger charge is -2.14. The van der Waals surface area contributed by atoms with Crippen molar-refractivity contribution < 1.29 is 0 Å². The number of aryl methyl sites for hydroxylation is 1. The lowest BCUT2D eigenvalue weighted by Crippen LogP contribution is -2.26. The van der Waals surface area contributed by atoms with Gasteiger partial charge in [-0.25, -0.2) is 0 Å². The van der Waals surface area contributed by atoms with Crippen LogP contribution in [-0.2, 0) is 0 Å². The van der Waals surface area contributed by atoms with Crippen LogP contribution in [0.3, 0.4) is 0 Å². The van der Waals surface area contributed by atoms with E-state index in [1.54, 1.807) is 0 Å². The Morgan fingerprint density at radius 1 is 0.815 bits per heavy atom. The molecule has 0 bridgehead atoms. The summed E-state index contributed by atoms with van der Waals surface area (Å²) in [5.41, 5.74) is 9.13. The Morgan fingerprint density at radius 2 is 1.59 bits per heavy atom. The molecule has 0 amide bonds. The summed E-state index contributed by atoms with van der Waals surface area (Å²) in [6, 6.07) is 15.3. The molecule has 0 atom stereocenters. The molecular formula is C26H25N. The molecule has 1 nitrogen and oxygen atoms in total. The first-order chi connectivity index (χ1) is 13.1. The quantitative estimate of drug-likeness (QED) is 0.670. The van der Waals surface area contributed by atoms with Gasteiger partial charge in [0.05, 0.1) is 5.36 Å². The first-order valence-corrected chi connectivity index (χ1v) is 9.61. The van der Waals surface area contributed by atoms with Crippen molar-refractivity contribution in [3.05, 3.63) is 106 Å². The fourth-order valence-corrected chi connectivity index (χ4v) is 3.63. The highest BCUT2D eigenvalue weighted by Crippen LogP contribution is 2.26. The van der Waals surface area contributed by atoms with Crippen molar-refractivity contribution in [1.29, 1.82) is 0 Å². The average Bonchev–Trinajstić information content (AvgIpc) is 2.67. The lowest BCUT2D eigenvalue weighted by atomic mass is 9.92. The van der Waals surface area contributed by atoms with Gasteiger partial charge < -0.3 is 0 Å². The minimum Gasteiger partial charge on any atom is -0.256 e. The van der Waals surface area contributed by atoms with Gasteiger partial charge in [0, 0.05) is 11.4 Å². The van der Waals surface area contributed by atoms with E-state index >= 15 is 0 Å². The minimum absolute atomic E-state index is 1.03. The van der Waals surface area contributed by atoms with Crippen LogP contribution in [0.2, 0.25) is 0 Å². The van der Waals surface area contributed by atoms with Gasteiger partial charge in [0.25, 0.3) is 0 Å². The first-order valence-electron chi connectivity index (χ1n) is 9.61. The third kappa shape index (κ3) is 3.78. The number of hydrogen-bond acceptors (Lipinski definition) is 1. The SMILES string of the molecule is CC1=CC=C(C2=C/C(C)=c3\cc(-c4ccc(C)cc4)cc\c3=N/C=C\2)CC1. The van der Waals surface area contributed by atoms with Gasteiger partial charge in [-0.2, -0.15) is 0 Å². The minimum atomic E-state index is 1.03. The van der Waals surface area contributed by atoms with E-state index in [2.05, 4.69) is 87.5 Å². The molecule has 134 valence electrons. The van der Waals surface area contributed by atoms with Crippen LogP contribution in [0, 0.1) is 6.92 Å². The Balaban J connectivity index is 1.83. The summed E-state index contributed by atoms with van der Waals surface area (Å²) in [6.45, 7) is 6.51. The smallest absolute Gasteiger partial charge is 0.0705 e. The fourth-order valence-electron chi connectivity index (χ4n) is 3.63. The molecule has 0 saturated heterocycles.